The van der Waals surface area contributed by atoms with Crippen molar-refractivity contribution >= 4 is 29.1 Å². The van der Waals surface area contributed by atoms with Crippen LogP contribution in [0.2, 0.25) is 0 Å². The van der Waals surface area contributed by atoms with Gasteiger partial charge in [-0.25, -0.2) is 9.59 Å². The van der Waals surface area contributed by atoms with Gasteiger partial charge in [0.05, 0.1) is 0 Å². The van der Waals surface area contributed by atoms with Crippen LogP contribution in [0.1, 0.15) is 55.4 Å². The molecule has 2 amide bonds. The average Bonchev–Trinajstić information content (AvgIpc) is 2.24. The Morgan fingerprint density at radius 1 is 1.00 bits per heavy atom. The van der Waals surface area contributed by atoms with E-state index >= 15 is 0 Å². The number of thioether (sulfide) groups is 1. The Kier molecular flexibility index (Phi) is 7.93. The van der Waals surface area contributed by atoms with Crippen molar-refractivity contribution in [2.75, 3.05) is 12.3 Å². The van der Waals surface area contributed by atoms with Crippen LogP contribution in [0.4, 0.5) is 9.59 Å². The molecule has 0 radical (unpaired) electrons. The van der Waals surface area contributed by atoms with E-state index in [0.717, 1.165) is 0 Å². The first-order valence-corrected chi connectivity index (χ1v) is 8.33. The van der Waals surface area contributed by atoms with Crippen molar-refractivity contribution in [3.63, 3.8) is 0 Å². The highest BCUT2D eigenvalue weighted by atomic mass is 32.2. The summed E-state index contributed by atoms with van der Waals surface area (Å²) in [4.78, 5) is 29.4. The molecule has 0 spiro atoms. The highest BCUT2D eigenvalue weighted by molar-refractivity contribution is 8.13. The van der Waals surface area contributed by atoms with E-state index < -0.39 is 23.4 Å². The number of aliphatic imine (C=N–C) groups is 1. The van der Waals surface area contributed by atoms with E-state index in [1.807, 2.05) is 6.92 Å². The predicted octanol–water partition coefficient (Wildman–Crippen LogP) is 4.29. The Hall–Kier alpha value is -1.24. The topological polar surface area (TPSA) is 68.2 Å². The van der Waals surface area contributed by atoms with Gasteiger partial charge < -0.3 is 9.47 Å². The standard InChI is InChI=1S/C15H28N2O4S/c1-9-17(13(19)21-15(6,7)8)11(22-10-2)16-12(18)20-14(3,4)5/h9-10H2,1-8H3/b16-11-. The van der Waals surface area contributed by atoms with Gasteiger partial charge in [-0.1, -0.05) is 18.7 Å². The van der Waals surface area contributed by atoms with E-state index in [4.69, 9.17) is 9.47 Å². The van der Waals surface area contributed by atoms with Crippen LogP contribution in [0, 0.1) is 0 Å². The van der Waals surface area contributed by atoms with Crippen LogP contribution in [0.5, 0.6) is 0 Å². The lowest BCUT2D eigenvalue weighted by molar-refractivity contribution is 0.0380. The molecule has 0 heterocycles. The molecule has 0 aromatic carbocycles. The third-order valence-corrected chi connectivity index (χ3v) is 2.87. The monoisotopic (exact) mass is 332 g/mol. The summed E-state index contributed by atoms with van der Waals surface area (Å²) in [6, 6.07) is 0. The van der Waals surface area contributed by atoms with Gasteiger partial charge in [0, 0.05) is 6.54 Å². The second kappa shape index (κ2) is 8.41. The van der Waals surface area contributed by atoms with Gasteiger partial charge in [-0.15, -0.1) is 0 Å². The maximum Gasteiger partial charge on any atom is 0.436 e. The summed E-state index contributed by atoms with van der Waals surface area (Å²) in [7, 11) is 0. The maximum atomic E-state index is 12.2. The summed E-state index contributed by atoms with van der Waals surface area (Å²) < 4.78 is 10.5. The van der Waals surface area contributed by atoms with Gasteiger partial charge in [-0.05, 0) is 54.2 Å². The SMILES string of the molecule is CCS/C(=N\C(=O)OC(C)(C)C)N(CC)C(=O)OC(C)(C)C. The van der Waals surface area contributed by atoms with E-state index in [-0.39, 0.29) is 5.17 Å². The number of carbonyl (C=O) groups is 2. The van der Waals surface area contributed by atoms with Gasteiger partial charge in [-0.3, -0.25) is 4.90 Å². The van der Waals surface area contributed by atoms with Crippen molar-refractivity contribution in [3.05, 3.63) is 0 Å². The fraction of sp³-hybridized carbons (Fsp3) is 0.800. The molecule has 0 rings (SSSR count). The zero-order chi connectivity index (χ0) is 17.6. The van der Waals surface area contributed by atoms with Crippen LogP contribution in [0.15, 0.2) is 4.99 Å². The number of nitrogens with zero attached hydrogens (tertiary/aromatic N) is 2. The number of carbonyl (C=O) groups excluding carboxylic acids is 2. The lowest BCUT2D eigenvalue weighted by Gasteiger charge is -2.27. The molecule has 0 saturated heterocycles. The van der Waals surface area contributed by atoms with E-state index in [1.54, 1.807) is 48.5 Å². The first-order chi connectivity index (χ1) is 9.89. The molecule has 0 aliphatic rings. The lowest BCUT2D eigenvalue weighted by atomic mass is 10.2. The maximum absolute atomic E-state index is 12.2. The Bertz CT molecular complexity index is 422. The van der Waals surface area contributed by atoms with Crippen LogP contribution in [0.25, 0.3) is 0 Å². The highest BCUT2D eigenvalue weighted by Gasteiger charge is 2.26. The van der Waals surface area contributed by atoms with Crippen LogP contribution in [0.3, 0.4) is 0 Å². The summed E-state index contributed by atoms with van der Waals surface area (Å²) >= 11 is 1.29. The first kappa shape index (κ1) is 20.8. The van der Waals surface area contributed by atoms with E-state index in [1.165, 1.54) is 16.7 Å². The number of ether oxygens (including phenoxy) is 2. The summed E-state index contributed by atoms with van der Waals surface area (Å²) in [6.07, 6.45) is -1.25. The fourth-order valence-corrected chi connectivity index (χ4v) is 2.08. The lowest BCUT2D eigenvalue weighted by Crippen LogP contribution is -2.40. The third kappa shape index (κ3) is 8.92. The molecular formula is C15H28N2O4S. The molecule has 22 heavy (non-hydrogen) atoms. The zero-order valence-corrected chi connectivity index (χ0v) is 15.7. The second-order valence-corrected chi connectivity index (χ2v) is 7.76. The summed E-state index contributed by atoms with van der Waals surface area (Å²) in [5.74, 6) is 0.668. The number of hydrogen-bond acceptors (Lipinski definition) is 5. The fourth-order valence-electron chi connectivity index (χ4n) is 1.32. The molecule has 0 atom stereocenters. The summed E-state index contributed by atoms with van der Waals surface area (Å²) in [5, 5.41) is 0.286. The molecular weight excluding hydrogens is 304 g/mol. The Labute approximate surface area is 137 Å². The van der Waals surface area contributed by atoms with Crippen LogP contribution in [-0.4, -0.2) is 45.8 Å². The van der Waals surface area contributed by atoms with Crippen molar-refractivity contribution in [2.45, 2.75) is 66.6 Å². The number of rotatable bonds is 2. The molecule has 128 valence electrons. The molecule has 0 aliphatic heterocycles. The van der Waals surface area contributed by atoms with Gasteiger partial charge in [0.15, 0.2) is 5.17 Å². The minimum absolute atomic E-state index is 0.286. The summed E-state index contributed by atoms with van der Waals surface area (Å²) in [5.41, 5.74) is -1.25. The number of amidine groups is 1. The largest absolute Gasteiger partial charge is 0.443 e. The van der Waals surface area contributed by atoms with Crippen molar-refractivity contribution in [2.24, 2.45) is 4.99 Å². The van der Waals surface area contributed by atoms with Gasteiger partial charge in [0.2, 0.25) is 0 Å². The quantitative estimate of drug-likeness (QED) is 0.557. The Balaban J connectivity index is 5.25. The normalized spacial score (nSPS) is 12.8. The molecule has 0 aromatic heterocycles. The number of hydrogen-bond donors (Lipinski definition) is 0. The van der Waals surface area contributed by atoms with E-state index in [9.17, 15) is 9.59 Å². The van der Waals surface area contributed by atoms with Gasteiger partial charge >= 0.3 is 12.2 Å². The van der Waals surface area contributed by atoms with Crippen LogP contribution < -0.4 is 0 Å². The van der Waals surface area contributed by atoms with Gasteiger partial charge in [0.1, 0.15) is 11.2 Å². The first-order valence-electron chi connectivity index (χ1n) is 7.34. The van der Waals surface area contributed by atoms with E-state index in [2.05, 4.69) is 4.99 Å². The van der Waals surface area contributed by atoms with Crippen molar-refractivity contribution in [1.29, 1.82) is 0 Å². The Morgan fingerprint density at radius 3 is 1.86 bits per heavy atom. The van der Waals surface area contributed by atoms with Gasteiger partial charge in [0.25, 0.3) is 0 Å². The third-order valence-electron chi connectivity index (χ3n) is 2.01. The number of amides is 2. The molecule has 0 saturated carbocycles. The highest BCUT2D eigenvalue weighted by Crippen LogP contribution is 2.16. The van der Waals surface area contributed by atoms with Crippen LogP contribution >= 0.6 is 11.8 Å². The average molecular weight is 332 g/mol. The van der Waals surface area contributed by atoms with E-state index in [0.29, 0.717) is 12.3 Å². The van der Waals surface area contributed by atoms with Crippen LogP contribution in [-0.2, 0) is 9.47 Å². The summed E-state index contributed by atoms with van der Waals surface area (Å²) in [6.45, 7) is 14.7. The van der Waals surface area contributed by atoms with Crippen molar-refractivity contribution in [1.82, 2.24) is 4.90 Å². The predicted molar refractivity (Wildman–Crippen MR) is 90.4 cm³/mol. The van der Waals surface area contributed by atoms with Crippen molar-refractivity contribution < 1.29 is 19.1 Å². The molecule has 0 bridgehead atoms. The molecule has 6 nitrogen and oxygen atoms in total. The molecule has 0 N–H and O–H groups in total. The van der Waals surface area contributed by atoms with Gasteiger partial charge in [-0.2, -0.15) is 4.99 Å². The molecule has 0 aromatic rings. The molecule has 0 fully saturated rings. The molecule has 0 unspecified atom stereocenters. The zero-order valence-electron chi connectivity index (χ0n) is 14.8. The Morgan fingerprint density at radius 2 is 1.50 bits per heavy atom. The second-order valence-electron chi connectivity index (χ2n) is 6.53. The molecule has 7 heteroatoms. The molecule has 0 aliphatic carbocycles. The van der Waals surface area contributed by atoms with Crippen molar-refractivity contribution in [3.8, 4) is 0 Å². The smallest absolute Gasteiger partial charge is 0.436 e. The minimum atomic E-state index is -0.717. The minimum Gasteiger partial charge on any atom is -0.443 e.